The fraction of sp³-hybridized carbons (Fsp3) is 0.571. The summed E-state index contributed by atoms with van der Waals surface area (Å²) in [7, 11) is 0. The first-order valence-corrected chi connectivity index (χ1v) is 25.1. The number of benzene rings is 3. The van der Waals surface area contributed by atoms with Crippen LogP contribution in [0, 0.1) is 0 Å². The van der Waals surface area contributed by atoms with Gasteiger partial charge in [-0.15, -0.1) is 0 Å². The molecular formula is C42H64Sn. The van der Waals surface area contributed by atoms with Gasteiger partial charge in [0.15, 0.2) is 0 Å². The van der Waals surface area contributed by atoms with Crippen molar-refractivity contribution in [1.82, 2.24) is 0 Å². The molecule has 0 amide bonds. The fourth-order valence-electron chi connectivity index (χ4n) is 7.35. The van der Waals surface area contributed by atoms with Crippen molar-refractivity contribution in [3.8, 4) is 22.3 Å². The van der Waals surface area contributed by atoms with Gasteiger partial charge in [0.1, 0.15) is 0 Å². The third-order valence-corrected chi connectivity index (χ3v) is 26.6. The van der Waals surface area contributed by atoms with Crippen LogP contribution in [0.2, 0.25) is 13.3 Å². The van der Waals surface area contributed by atoms with Crippen molar-refractivity contribution in [3.63, 3.8) is 0 Å². The second-order valence-corrected chi connectivity index (χ2v) is 29.9. The SMILES string of the molecule is C[CH2][Sn]([CH2]C)([CH2]C)[c]1c(-c2c(C(C)C)cc(C(C)C)cc2C(C)C)cccc1-c1c(C(C)C)cc(C(C)C)cc1C(C)C. The Hall–Kier alpha value is -1.54. The molecule has 236 valence electrons. The van der Waals surface area contributed by atoms with Crippen LogP contribution in [-0.2, 0) is 0 Å². The number of rotatable bonds is 12. The summed E-state index contributed by atoms with van der Waals surface area (Å²) in [5.41, 5.74) is 15.4. The molecule has 0 atom stereocenters. The second-order valence-electron chi connectivity index (χ2n) is 15.1. The summed E-state index contributed by atoms with van der Waals surface area (Å²) in [4.78, 5) is 0. The average Bonchev–Trinajstić information content (AvgIpc) is 2.96. The van der Waals surface area contributed by atoms with Crippen LogP contribution < -0.4 is 3.58 Å². The van der Waals surface area contributed by atoms with E-state index in [-0.39, 0.29) is 0 Å². The molecule has 0 fully saturated rings. The molecule has 0 aliphatic carbocycles. The normalized spacial score (nSPS) is 12.7. The molecule has 0 saturated heterocycles. The molecule has 0 heterocycles. The quantitative estimate of drug-likeness (QED) is 0.166. The zero-order valence-corrected chi connectivity index (χ0v) is 33.5. The summed E-state index contributed by atoms with van der Waals surface area (Å²) in [5, 5.41) is 0. The van der Waals surface area contributed by atoms with Crippen LogP contribution in [0.3, 0.4) is 0 Å². The molecule has 0 aliphatic rings. The van der Waals surface area contributed by atoms with E-state index >= 15 is 0 Å². The predicted molar refractivity (Wildman–Crippen MR) is 199 cm³/mol. The first-order valence-electron chi connectivity index (χ1n) is 17.6. The molecule has 0 spiro atoms. The fourth-order valence-corrected chi connectivity index (χ4v) is 19.1. The first kappa shape index (κ1) is 35.9. The van der Waals surface area contributed by atoms with E-state index in [1.54, 1.807) is 48.1 Å². The van der Waals surface area contributed by atoms with E-state index in [9.17, 15) is 0 Å². The van der Waals surface area contributed by atoms with Crippen molar-refractivity contribution in [2.75, 3.05) is 0 Å². The number of hydrogen-bond donors (Lipinski definition) is 0. The van der Waals surface area contributed by atoms with E-state index in [0.717, 1.165) is 0 Å². The van der Waals surface area contributed by atoms with Crippen LogP contribution in [0.15, 0.2) is 42.5 Å². The van der Waals surface area contributed by atoms with E-state index in [0.29, 0.717) is 35.5 Å². The molecule has 3 aromatic carbocycles. The van der Waals surface area contributed by atoms with Crippen molar-refractivity contribution in [2.45, 2.75) is 153 Å². The molecule has 3 rings (SSSR count). The Morgan fingerprint density at radius 1 is 0.442 bits per heavy atom. The van der Waals surface area contributed by atoms with Crippen LogP contribution in [0.25, 0.3) is 22.3 Å². The van der Waals surface area contributed by atoms with Crippen molar-refractivity contribution in [2.24, 2.45) is 0 Å². The first-order chi connectivity index (χ1) is 20.1. The minimum absolute atomic E-state index is 0.472. The van der Waals surface area contributed by atoms with E-state index < -0.39 is 18.4 Å². The molecule has 0 radical (unpaired) electrons. The topological polar surface area (TPSA) is 0 Å². The third kappa shape index (κ3) is 7.15. The summed E-state index contributed by atoms with van der Waals surface area (Å²) in [6.45, 7) is 36.2. The Balaban J connectivity index is 2.70. The molecule has 0 aromatic heterocycles. The molecule has 0 unspecified atom stereocenters. The Bertz CT molecular complexity index is 1220. The van der Waals surface area contributed by atoms with E-state index in [2.05, 4.69) is 146 Å². The summed E-state index contributed by atoms with van der Waals surface area (Å²) in [6, 6.07) is 17.7. The van der Waals surface area contributed by atoms with Gasteiger partial charge in [-0.3, -0.25) is 0 Å². The van der Waals surface area contributed by atoms with Crippen LogP contribution in [0.1, 0.15) is 173 Å². The van der Waals surface area contributed by atoms with E-state index in [1.165, 1.54) is 24.4 Å². The summed E-state index contributed by atoms with van der Waals surface area (Å²) < 4.78 is 5.84. The molecular weight excluding hydrogens is 623 g/mol. The van der Waals surface area contributed by atoms with Crippen LogP contribution >= 0.6 is 0 Å². The maximum absolute atomic E-state index is 2.85. The Labute approximate surface area is 271 Å². The van der Waals surface area contributed by atoms with Gasteiger partial charge in [0.2, 0.25) is 0 Å². The minimum atomic E-state index is -2.85. The number of hydrogen-bond acceptors (Lipinski definition) is 0. The summed E-state index contributed by atoms with van der Waals surface area (Å²) in [6.07, 6.45) is 0. The Kier molecular flexibility index (Phi) is 12.3. The average molecular weight is 688 g/mol. The molecule has 0 N–H and O–H groups in total. The van der Waals surface area contributed by atoms with Crippen molar-refractivity contribution in [3.05, 3.63) is 75.8 Å². The Morgan fingerprint density at radius 3 is 0.930 bits per heavy atom. The van der Waals surface area contributed by atoms with Gasteiger partial charge in [-0.05, 0) is 0 Å². The summed E-state index contributed by atoms with van der Waals surface area (Å²) in [5.74, 6) is 2.94. The zero-order valence-electron chi connectivity index (χ0n) is 30.6. The van der Waals surface area contributed by atoms with Crippen molar-refractivity contribution >= 4 is 22.0 Å². The molecule has 43 heavy (non-hydrogen) atoms. The predicted octanol–water partition coefficient (Wildman–Crippen LogP) is 13.5. The summed E-state index contributed by atoms with van der Waals surface area (Å²) >= 11 is -2.85. The molecule has 0 aliphatic heterocycles. The molecule has 1 heteroatoms. The maximum atomic E-state index is 2.56. The second kappa shape index (κ2) is 14.7. The van der Waals surface area contributed by atoms with Crippen molar-refractivity contribution < 1.29 is 0 Å². The van der Waals surface area contributed by atoms with Gasteiger partial charge in [-0.1, -0.05) is 0 Å². The van der Waals surface area contributed by atoms with Gasteiger partial charge < -0.3 is 0 Å². The monoisotopic (exact) mass is 688 g/mol. The van der Waals surface area contributed by atoms with Crippen molar-refractivity contribution in [1.29, 1.82) is 0 Å². The van der Waals surface area contributed by atoms with Gasteiger partial charge in [0, 0.05) is 0 Å². The van der Waals surface area contributed by atoms with Crippen LogP contribution in [0.5, 0.6) is 0 Å². The Morgan fingerprint density at radius 2 is 0.721 bits per heavy atom. The van der Waals surface area contributed by atoms with Gasteiger partial charge in [0.25, 0.3) is 0 Å². The van der Waals surface area contributed by atoms with E-state index in [1.807, 2.05) is 0 Å². The third-order valence-electron chi connectivity index (χ3n) is 10.4. The molecule has 3 aromatic rings. The molecule has 0 saturated carbocycles. The molecule has 0 bridgehead atoms. The van der Waals surface area contributed by atoms with Crippen LogP contribution in [0.4, 0.5) is 0 Å². The van der Waals surface area contributed by atoms with Gasteiger partial charge in [-0.2, -0.15) is 0 Å². The van der Waals surface area contributed by atoms with E-state index in [4.69, 9.17) is 0 Å². The van der Waals surface area contributed by atoms with Gasteiger partial charge in [0.05, 0.1) is 0 Å². The van der Waals surface area contributed by atoms with Crippen LogP contribution in [-0.4, -0.2) is 18.4 Å². The zero-order chi connectivity index (χ0) is 32.4. The molecule has 0 nitrogen and oxygen atoms in total. The van der Waals surface area contributed by atoms with Gasteiger partial charge >= 0.3 is 273 Å². The standard InChI is InChI=1S/C36H49.3C2H5.Sn/c1-21(2)29-17-31(23(5)6)35(32(18-29)24(7)8)27-14-13-15-28(16-27)36-33(25(9)10)19-30(22(3)4)20-34(36)26(11)12;3*1-2;/h13-15,17-26H,1-12H3;3*1H2,2H3;. The van der Waals surface area contributed by atoms with Gasteiger partial charge in [-0.25, -0.2) is 0 Å².